The fourth-order valence-electron chi connectivity index (χ4n) is 2.88. The highest BCUT2D eigenvalue weighted by molar-refractivity contribution is 6.30. The predicted octanol–water partition coefficient (Wildman–Crippen LogP) is 5.58. The Morgan fingerprint density at radius 2 is 1.72 bits per heavy atom. The molecule has 4 rings (SSSR count). The zero-order valence-electron chi connectivity index (χ0n) is 13.9. The lowest BCUT2D eigenvalue weighted by Crippen LogP contribution is -2.03. The van der Waals surface area contributed by atoms with Crippen LogP contribution in [-0.4, -0.2) is 9.38 Å². The molecule has 0 aliphatic heterocycles. The Hall–Kier alpha value is -2.78. The van der Waals surface area contributed by atoms with Gasteiger partial charge in [-0.3, -0.25) is 4.40 Å². The van der Waals surface area contributed by atoms with Gasteiger partial charge in [0.15, 0.2) is 0 Å². The Balaban J connectivity index is 1.79. The van der Waals surface area contributed by atoms with E-state index < -0.39 is 0 Å². The van der Waals surface area contributed by atoms with Crippen molar-refractivity contribution in [2.24, 2.45) is 0 Å². The monoisotopic (exact) mass is 347 g/mol. The van der Waals surface area contributed by atoms with Crippen molar-refractivity contribution in [1.29, 1.82) is 0 Å². The summed E-state index contributed by atoms with van der Waals surface area (Å²) in [6.07, 6.45) is 1.90. The largest absolute Gasteiger partial charge is 0.365 e. The van der Waals surface area contributed by atoms with Crippen LogP contribution in [-0.2, 0) is 6.54 Å². The molecule has 0 saturated carbocycles. The zero-order chi connectivity index (χ0) is 17.2. The predicted molar refractivity (Wildman–Crippen MR) is 104 cm³/mol. The van der Waals surface area contributed by atoms with Crippen molar-refractivity contribution < 1.29 is 0 Å². The molecule has 0 aliphatic rings. The summed E-state index contributed by atoms with van der Waals surface area (Å²) in [5, 5.41) is 4.22. The van der Waals surface area contributed by atoms with Crippen molar-refractivity contribution in [2.45, 2.75) is 13.5 Å². The second kappa shape index (κ2) is 6.61. The highest BCUT2D eigenvalue weighted by Crippen LogP contribution is 2.30. The van der Waals surface area contributed by atoms with Gasteiger partial charge in [-0.05, 0) is 24.6 Å². The van der Waals surface area contributed by atoms with Crippen LogP contribution in [0.1, 0.15) is 11.1 Å². The van der Waals surface area contributed by atoms with E-state index in [0.29, 0.717) is 5.02 Å². The third-order valence-electron chi connectivity index (χ3n) is 4.21. The van der Waals surface area contributed by atoms with Gasteiger partial charge in [-0.25, -0.2) is 4.98 Å². The van der Waals surface area contributed by atoms with Crippen molar-refractivity contribution >= 4 is 23.1 Å². The summed E-state index contributed by atoms with van der Waals surface area (Å²) in [5.74, 6) is 0.949. The number of anilines is 1. The topological polar surface area (TPSA) is 29.3 Å². The van der Waals surface area contributed by atoms with Gasteiger partial charge in [-0.15, -0.1) is 0 Å². The van der Waals surface area contributed by atoms with Crippen molar-refractivity contribution in [2.75, 3.05) is 5.32 Å². The SMILES string of the molecule is Cc1ccc(-c2nc3ccc(Cl)cn3c2NCc2ccccc2)cc1. The molecule has 2 heterocycles. The molecule has 0 amide bonds. The number of aromatic nitrogens is 2. The Bertz CT molecular complexity index is 1000. The number of pyridine rings is 1. The van der Waals surface area contributed by atoms with E-state index >= 15 is 0 Å². The highest BCUT2D eigenvalue weighted by Gasteiger charge is 2.14. The lowest BCUT2D eigenvalue weighted by molar-refractivity contribution is 1.08. The van der Waals surface area contributed by atoms with E-state index in [2.05, 4.69) is 48.6 Å². The molecule has 0 fully saturated rings. The molecule has 0 spiro atoms. The maximum atomic E-state index is 6.21. The van der Waals surface area contributed by atoms with Gasteiger partial charge in [-0.1, -0.05) is 71.8 Å². The van der Waals surface area contributed by atoms with Crippen LogP contribution in [0.15, 0.2) is 72.9 Å². The number of fused-ring (bicyclic) bond motifs is 1. The van der Waals surface area contributed by atoms with E-state index in [1.54, 1.807) is 0 Å². The summed E-state index contributed by atoms with van der Waals surface area (Å²) in [7, 11) is 0. The van der Waals surface area contributed by atoms with Gasteiger partial charge in [0.25, 0.3) is 0 Å². The van der Waals surface area contributed by atoms with Gasteiger partial charge >= 0.3 is 0 Å². The average Bonchev–Trinajstić information content (AvgIpc) is 2.99. The van der Waals surface area contributed by atoms with Crippen molar-refractivity contribution in [3.8, 4) is 11.3 Å². The van der Waals surface area contributed by atoms with E-state index in [-0.39, 0.29) is 0 Å². The van der Waals surface area contributed by atoms with Gasteiger partial charge in [-0.2, -0.15) is 0 Å². The molecule has 0 bridgehead atoms. The van der Waals surface area contributed by atoms with E-state index in [1.807, 2.05) is 40.9 Å². The molecule has 0 aliphatic carbocycles. The van der Waals surface area contributed by atoms with Gasteiger partial charge in [0, 0.05) is 18.3 Å². The maximum absolute atomic E-state index is 6.21. The summed E-state index contributed by atoms with van der Waals surface area (Å²) in [6, 6.07) is 22.5. The van der Waals surface area contributed by atoms with Gasteiger partial charge in [0.2, 0.25) is 0 Å². The first kappa shape index (κ1) is 15.7. The molecule has 0 radical (unpaired) electrons. The van der Waals surface area contributed by atoms with Crippen LogP contribution >= 0.6 is 11.6 Å². The third-order valence-corrected chi connectivity index (χ3v) is 4.43. The number of nitrogens with zero attached hydrogens (tertiary/aromatic N) is 2. The normalized spacial score (nSPS) is 11.0. The number of halogens is 1. The Labute approximate surface area is 151 Å². The Kier molecular flexibility index (Phi) is 4.16. The molecule has 2 aromatic heterocycles. The lowest BCUT2D eigenvalue weighted by Gasteiger charge is -2.09. The molecule has 25 heavy (non-hydrogen) atoms. The second-order valence-corrected chi connectivity index (χ2v) is 6.53. The van der Waals surface area contributed by atoms with Gasteiger partial charge in [0.05, 0.1) is 5.02 Å². The summed E-state index contributed by atoms with van der Waals surface area (Å²) in [5.41, 5.74) is 5.33. The van der Waals surface area contributed by atoms with E-state index in [4.69, 9.17) is 16.6 Å². The standard InChI is InChI=1S/C21H18ClN3/c1-15-7-9-17(10-8-15)20-21(23-13-16-5-3-2-4-6-16)25-14-18(22)11-12-19(25)24-20/h2-12,14,23H,13H2,1H3. The fourth-order valence-corrected chi connectivity index (χ4v) is 3.04. The maximum Gasteiger partial charge on any atom is 0.139 e. The van der Waals surface area contributed by atoms with Crippen molar-refractivity contribution in [3.63, 3.8) is 0 Å². The number of rotatable bonds is 4. The summed E-state index contributed by atoms with van der Waals surface area (Å²) in [4.78, 5) is 4.81. The molecule has 0 atom stereocenters. The molecule has 124 valence electrons. The first-order valence-electron chi connectivity index (χ1n) is 8.23. The number of aryl methyl sites for hydroxylation is 1. The molecule has 1 N–H and O–H groups in total. The molecule has 4 heteroatoms. The number of hydrogen-bond donors (Lipinski definition) is 1. The smallest absolute Gasteiger partial charge is 0.139 e. The Morgan fingerprint density at radius 3 is 2.48 bits per heavy atom. The summed E-state index contributed by atoms with van der Waals surface area (Å²) >= 11 is 6.21. The van der Waals surface area contributed by atoms with Crippen LogP contribution in [0.4, 0.5) is 5.82 Å². The lowest BCUT2D eigenvalue weighted by atomic mass is 10.1. The minimum absolute atomic E-state index is 0.683. The second-order valence-electron chi connectivity index (χ2n) is 6.09. The van der Waals surface area contributed by atoms with Crippen LogP contribution < -0.4 is 5.32 Å². The van der Waals surface area contributed by atoms with Crippen LogP contribution in [0.3, 0.4) is 0 Å². The van der Waals surface area contributed by atoms with E-state index in [1.165, 1.54) is 11.1 Å². The fraction of sp³-hybridized carbons (Fsp3) is 0.0952. The van der Waals surface area contributed by atoms with Crippen molar-refractivity contribution in [1.82, 2.24) is 9.38 Å². The summed E-state index contributed by atoms with van der Waals surface area (Å²) < 4.78 is 2.01. The molecule has 0 saturated heterocycles. The van der Waals surface area contributed by atoms with Crippen molar-refractivity contribution in [3.05, 3.63) is 89.1 Å². The molecular weight excluding hydrogens is 330 g/mol. The van der Waals surface area contributed by atoms with Crippen LogP contribution in [0.25, 0.3) is 16.9 Å². The van der Waals surface area contributed by atoms with E-state index in [9.17, 15) is 0 Å². The molecule has 2 aromatic carbocycles. The minimum atomic E-state index is 0.683. The Morgan fingerprint density at radius 1 is 0.960 bits per heavy atom. The van der Waals surface area contributed by atoms with E-state index in [0.717, 1.165) is 29.3 Å². The molecule has 3 nitrogen and oxygen atoms in total. The van der Waals surface area contributed by atoms with Crippen LogP contribution in [0.2, 0.25) is 5.02 Å². The number of benzene rings is 2. The molecule has 0 unspecified atom stereocenters. The molecular formula is C21H18ClN3. The average molecular weight is 348 g/mol. The summed E-state index contributed by atoms with van der Waals surface area (Å²) in [6.45, 7) is 2.81. The quantitative estimate of drug-likeness (QED) is 0.522. The first-order valence-corrected chi connectivity index (χ1v) is 8.61. The highest BCUT2D eigenvalue weighted by atomic mass is 35.5. The third kappa shape index (κ3) is 3.24. The minimum Gasteiger partial charge on any atom is -0.365 e. The van der Waals surface area contributed by atoms with Gasteiger partial charge in [0.1, 0.15) is 17.2 Å². The number of imidazole rings is 1. The first-order chi connectivity index (χ1) is 12.2. The van der Waals surface area contributed by atoms with Gasteiger partial charge < -0.3 is 5.32 Å². The van der Waals surface area contributed by atoms with Crippen LogP contribution in [0.5, 0.6) is 0 Å². The zero-order valence-corrected chi connectivity index (χ0v) is 14.7. The number of hydrogen-bond acceptors (Lipinski definition) is 2. The number of nitrogens with one attached hydrogen (secondary N) is 1. The molecule has 4 aromatic rings. The van der Waals surface area contributed by atoms with Crippen LogP contribution in [0, 0.1) is 6.92 Å².